The molecule has 1 rings (SSSR count). The zero-order valence-corrected chi connectivity index (χ0v) is 13.3. The third-order valence-corrected chi connectivity index (χ3v) is 4.96. The predicted octanol–water partition coefficient (Wildman–Crippen LogP) is 2.18. The summed E-state index contributed by atoms with van der Waals surface area (Å²) in [6.45, 7) is 9.10. The molecular formula is C15H33N3. The summed E-state index contributed by atoms with van der Waals surface area (Å²) in [4.78, 5) is 4.99. The molecule has 2 atom stereocenters. The van der Waals surface area contributed by atoms with E-state index in [1.165, 1.54) is 32.2 Å². The van der Waals surface area contributed by atoms with Crippen molar-refractivity contribution in [2.75, 3.05) is 34.2 Å². The van der Waals surface area contributed by atoms with Crippen LogP contribution >= 0.6 is 0 Å². The first-order valence-electron chi connectivity index (χ1n) is 7.58. The summed E-state index contributed by atoms with van der Waals surface area (Å²) < 4.78 is 0. The van der Waals surface area contributed by atoms with Gasteiger partial charge in [0.25, 0.3) is 0 Å². The summed E-state index contributed by atoms with van der Waals surface area (Å²) >= 11 is 0. The first-order valence-corrected chi connectivity index (χ1v) is 7.58. The molecule has 1 saturated carbocycles. The third-order valence-electron chi connectivity index (χ3n) is 4.96. The highest BCUT2D eigenvalue weighted by Crippen LogP contribution is 2.37. The van der Waals surface area contributed by atoms with E-state index in [2.05, 4.69) is 57.0 Å². The molecule has 0 spiro atoms. The first kappa shape index (κ1) is 15.9. The lowest BCUT2D eigenvalue weighted by molar-refractivity contribution is 0.0133. The Morgan fingerprint density at radius 3 is 2.11 bits per heavy atom. The fourth-order valence-electron chi connectivity index (χ4n) is 3.17. The van der Waals surface area contributed by atoms with Crippen molar-refractivity contribution < 1.29 is 0 Å². The van der Waals surface area contributed by atoms with E-state index in [0.717, 1.165) is 6.54 Å². The lowest BCUT2D eigenvalue weighted by Gasteiger charge is -2.50. The Hall–Kier alpha value is -0.120. The van der Waals surface area contributed by atoms with Crippen molar-refractivity contribution in [2.24, 2.45) is 0 Å². The van der Waals surface area contributed by atoms with Crippen LogP contribution in [-0.2, 0) is 0 Å². The molecule has 1 aliphatic carbocycles. The monoisotopic (exact) mass is 255 g/mol. The molecule has 108 valence electrons. The van der Waals surface area contributed by atoms with Gasteiger partial charge in [0, 0.05) is 24.2 Å². The molecular weight excluding hydrogens is 222 g/mol. The van der Waals surface area contributed by atoms with Crippen molar-refractivity contribution >= 4 is 0 Å². The molecule has 0 aromatic heterocycles. The van der Waals surface area contributed by atoms with E-state index >= 15 is 0 Å². The maximum absolute atomic E-state index is 3.61. The summed E-state index contributed by atoms with van der Waals surface area (Å²) in [6.07, 6.45) is 5.31. The zero-order chi connectivity index (χ0) is 13.8. The molecule has 0 amide bonds. The van der Waals surface area contributed by atoms with Crippen molar-refractivity contribution in [2.45, 2.75) is 64.1 Å². The van der Waals surface area contributed by atoms with E-state index in [0.29, 0.717) is 17.6 Å². The van der Waals surface area contributed by atoms with Crippen molar-refractivity contribution in [3.63, 3.8) is 0 Å². The molecule has 3 nitrogen and oxygen atoms in total. The predicted molar refractivity (Wildman–Crippen MR) is 80.1 cm³/mol. The second-order valence-corrected chi connectivity index (χ2v) is 6.20. The van der Waals surface area contributed by atoms with E-state index in [1.54, 1.807) is 0 Å². The van der Waals surface area contributed by atoms with Gasteiger partial charge in [0.15, 0.2) is 0 Å². The average molecular weight is 255 g/mol. The van der Waals surface area contributed by atoms with Crippen molar-refractivity contribution in [1.29, 1.82) is 0 Å². The molecule has 1 fully saturated rings. The quantitative estimate of drug-likeness (QED) is 0.717. The minimum absolute atomic E-state index is 0.438. The summed E-state index contributed by atoms with van der Waals surface area (Å²) in [5.41, 5.74) is 0.438. The van der Waals surface area contributed by atoms with E-state index < -0.39 is 0 Å². The van der Waals surface area contributed by atoms with Crippen LogP contribution < -0.4 is 5.32 Å². The van der Waals surface area contributed by atoms with Gasteiger partial charge in [-0.2, -0.15) is 0 Å². The van der Waals surface area contributed by atoms with E-state index in [1.807, 2.05) is 0 Å². The van der Waals surface area contributed by atoms with Gasteiger partial charge in [-0.3, -0.25) is 0 Å². The molecule has 0 bridgehead atoms. The Bertz CT molecular complexity index is 236. The van der Waals surface area contributed by atoms with Crippen LogP contribution in [0.2, 0.25) is 0 Å². The molecule has 1 N–H and O–H groups in total. The van der Waals surface area contributed by atoms with Gasteiger partial charge in [0.05, 0.1) is 0 Å². The van der Waals surface area contributed by atoms with Crippen molar-refractivity contribution in [3.8, 4) is 0 Å². The molecule has 0 aliphatic heterocycles. The third kappa shape index (κ3) is 3.46. The summed E-state index contributed by atoms with van der Waals surface area (Å²) in [5.74, 6) is 0. The Kier molecular flexibility index (Phi) is 6.09. The lowest BCUT2D eigenvalue weighted by Crippen LogP contribution is -2.59. The Labute approximate surface area is 114 Å². The summed E-state index contributed by atoms with van der Waals surface area (Å²) in [5, 5.41) is 3.61. The largest absolute Gasteiger partial charge is 0.313 e. The fraction of sp³-hybridized carbons (Fsp3) is 1.00. The SMILES string of the molecule is CCNC(CC)C(C)N(C)CC1(N(C)C)CCC1. The molecule has 0 heterocycles. The normalized spacial score (nSPS) is 22.0. The lowest BCUT2D eigenvalue weighted by atomic mass is 9.75. The highest BCUT2D eigenvalue weighted by atomic mass is 15.2. The fourth-order valence-corrected chi connectivity index (χ4v) is 3.17. The molecule has 0 aromatic carbocycles. The standard InChI is InChI=1S/C15H33N3/c1-7-14(16-8-2)13(3)18(6)12-15(17(4)5)10-9-11-15/h13-14,16H,7-12H2,1-6H3. The molecule has 0 aromatic rings. The van der Waals surface area contributed by atoms with Gasteiger partial charge >= 0.3 is 0 Å². The maximum Gasteiger partial charge on any atom is 0.0330 e. The van der Waals surface area contributed by atoms with Gasteiger partial charge in [-0.15, -0.1) is 0 Å². The number of hydrogen-bond acceptors (Lipinski definition) is 3. The minimum Gasteiger partial charge on any atom is -0.313 e. The second kappa shape index (κ2) is 6.88. The van der Waals surface area contributed by atoms with Gasteiger partial charge in [0.1, 0.15) is 0 Å². The first-order chi connectivity index (χ1) is 8.46. The van der Waals surface area contributed by atoms with Crippen LogP contribution in [0, 0.1) is 0 Å². The van der Waals surface area contributed by atoms with Gasteiger partial charge in [-0.05, 0) is 60.3 Å². The van der Waals surface area contributed by atoms with Crippen LogP contribution in [0.25, 0.3) is 0 Å². The van der Waals surface area contributed by atoms with Gasteiger partial charge in [-0.25, -0.2) is 0 Å². The molecule has 2 unspecified atom stereocenters. The second-order valence-electron chi connectivity index (χ2n) is 6.20. The molecule has 18 heavy (non-hydrogen) atoms. The Balaban J connectivity index is 2.55. The highest BCUT2D eigenvalue weighted by Gasteiger charge is 2.40. The zero-order valence-electron chi connectivity index (χ0n) is 13.3. The van der Waals surface area contributed by atoms with Crippen molar-refractivity contribution in [1.82, 2.24) is 15.1 Å². The van der Waals surface area contributed by atoms with Crippen LogP contribution in [0.1, 0.15) is 46.5 Å². The topological polar surface area (TPSA) is 18.5 Å². The van der Waals surface area contributed by atoms with Gasteiger partial charge in [0.2, 0.25) is 0 Å². The maximum atomic E-state index is 3.61. The molecule has 3 heteroatoms. The van der Waals surface area contributed by atoms with E-state index in [9.17, 15) is 0 Å². The van der Waals surface area contributed by atoms with Crippen LogP contribution in [0.3, 0.4) is 0 Å². The molecule has 0 radical (unpaired) electrons. The van der Waals surface area contributed by atoms with Crippen LogP contribution in [-0.4, -0.2) is 61.7 Å². The number of nitrogens with one attached hydrogen (secondary N) is 1. The van der Waals surface area contributed by atoms with Crippen molar-refractivity contribution in [3.05, 3.63) is 0 Å². The van der Waals surface area contributed by atoms with Crippen LogP contribution in [0.15, 0.2) is 0 Å². The minimum atomic E-state index is 0.438. The smallest absolute Gasteiger partial charge is 0.0330 e. The van der Waals surface area contributed by atoms with Crippen LogP contribution in [0.4, 0.5) is 0 Å². The summed E-state index contributed by atoms with van der Waals surface area (Å²) in [6, 6.07) is 1.21. The van der Waals surface area contributed by atoms with E-state index in [-0.39, 0.29) is 0 Å². The van der Waals surface area contributed by atoms with Crippen LogP contribution in [0.5, 0.6) is 0 Å². The number of likely N-dealkylation sites (N-methyl/N-ethyl adjacent to an activating group) is 3. The number of nitrogens with zero attached hydrogens (tertiary/aromatic N) is 2. The summed E-state index contributed by atoms with van der Waals surface area (Å²) in [7, 11) is 6.76. The Morgan fingerprint density at radius 1 is 1.17 bits per heavy atom. The highest BCUT2D eigenvalue weighted by molar-refractivity contribution is 4.99. The number of hydrogen-bond donors (Lipinski definition) is 1. The van der Waals surface area contributed by atoms with Gasteiger partial charge < -0.3 is 15.1 Å². The Morgan fingerprint density at radius 2 is 1.78 bits per heavy atom. The number of rotatable bonds is 8. The van der Waals surface area contributed by atoms with Gasteiger partial charge in [-0.1, -0.05) is 13.8 Å². The van der Waals surface area contributed by atoms with E-state index in [4.69, 9.17) is 0 Å². The molecule has 1 aliphatic rings. The molecule has 0 saturated heterocycles. The average Bonchev–Trinajstić information content (AvgIpc) is 2.29.